The summed E-state index contributed by atoms with van der Waals surface area (Å²) in [6.07, 6.45) is 0. The Morgan fingerprint density at radius 2 is 0.646 bits per heavy atom. The summed E-state index contributed by atoms with van der Waals surface area (Å²) in [5.41, 5.74) is 19.7. The summed E-state index contributed by atoms with van der Waals surface area (Å²) >= 11 is 0. The Labute approximate surface area is 381 Å². The first-order valence-corrected chi connectivity index (χ1v) is 22.6. The molecule has 310 valence electrons. The average molecular weight is 834 g/mol. The van der Waals surface area contributed by atoms with E-state index in [1.165, 1.54) is 76.8 Å². The molecule has 0 aromatic heterocycles. The molecule has 1 aliphatic heterocycles. The van der Waals surface area contributed by atoms with Crippen molar-refractivity contribution in [2.75, 3.05) is 14.7 Å². The minimum Gasteiger partial charge on any atom is -0.310 e. The highest BCUT2D eigenvalue weighted by Gasteiger charge is 2.29. The van der Waals surface area contributed by atoms with Gasteiger partial charge >= 0.3 is 0 Å². The smallest absolute Gasteiger partial charge is 0.0561 e. The number of fused-ring (bicyclic) bond motifs is 8. The van der Waals surface area contributed by atoms with Crippen LogP contribution in [0, 0.1) is 27.7 Å². The Balaban J connectivity index is 1.30. The van der Waals surface area contributed by atoms with Gasteiger partial charge in [-0.2, -0.15) is 0 Å². The lowest BCUT2D eigenvalue weighted by atomic mass is 9.84. The van der Waals surface area contributed by atoms with Crippen molar-refractivity contribution in [3.8, 4) is 22.3 Å². The third-order valence-electron chi connectivity index (χ3n) is 13.4. The van der Waals surface area contributed by atoms with Crippen LogP contribution in [-0.2, 0) is 0 Å². The first-order valence-electron chi connectivity index (χ1n) is 22.6. The summed E-state index contributed by atoms with van der Waals surface area (Å²) in [7, 11) is 0. The zero-order valence-corrected chi connectivity index (χ0v) is 37.0. The fourth-order valence-corrected chi connectivity index (χ4v) is 10.5. The molecule has 0 fully saturated rings. The normalized spacial score (nSPS) is 12.5. The van der Waals surface area contributed by atoms with Gasteiger partial charge in [-0.15, -0.1) is 0 Å². The van der Waals surface area contributed by atoms with Crippen LogP contribution in [0.5, 0.6) is 0 Å². The van der Waals surface area contributed by atoms with Crippen molar-refractivity contribution < 1.29 is 0 Å². The van der Waals surface area contributed by atoms with Gasteiger partial charge in [-0.1, -0.05) is 151 Å². The summed E-state index contributed by atoms with van der Waals surface area (Å²) in [5.74, 6) is 0. The van der Waals surface area contributed by atoms with E-state index in [0.29, 0.717) is 0 Å². The van der Waals surface area contributed by atoms with Gasteiger partial charge in [0, 0.05) is 56.0 Å². The van der Waals surface area contributed by atoms with Crippen molar-refractivity contribution in [1.82, 2.24) is 0 Å². The predicted octanol–water partition coefficient (Wildman–Crippen LogP) is 17.9. The minimum absolute atomic E-state index is 1.08. The van der Waals surface area contributed by atoms with Crippen LogP contribution < -0.4 is 14.7 Å². The van der Waals surface area contributed by atoms with E-state index in [4.69, 9.17) is 0 Å². The van der Waals surface area contributed by atoms with Crippen LogP contribution in [-0.4, -0.2) is 0 Å². The van der Waals surface area contributed by atoms with E-state index in [2.05, 4.69) is 255 Å². The number of aryl methyl sites for hydroxylation is 4. The maximum atomic E-state index is 2.52. The van der Waals surface area contributed by atoms with Crippen LogP contribution >= 0.6 is 0 Å². The molecule has 0 atom stereocenters. The molecule has 0 spiro atoms. The second-order valence-electron chi connectivity index (χ2n) is 17.7. The minimum atomic E-state index is 1.08. The van der Waals surface area contributed by atoms with Gasteiger partial charge < -0.3 is 14.7 Å². The molecule has 65 heavy (non-hydrogen) atoms. The van der Waals surface area contributed by atoms with Crippen molar-refractivity contribution in [2.24, 2.45) is 0 Å². The number of nitrogens with zero attached hydrogens (tertiary/aromatic N) is 3. The van der Waals surface area contributed by atoms with Crippen molar-refractivity contribution >= 4 is 83.5 Å². The van der Waals surface area contributed by atoms with E-state index in [0.717, 1.165) is 51.2 Å². The van der Waals surface area contributed by atoms with Gasteiger partial charge in [-0.3, -0.25) is 0 Å². The molecule has 0 N–H and O–H groups in total. The molecule has 3 heteroatoms. The topological polar surface area (TPSA) is 9.72 Å². The summed E-state index contributed by atoms with van der Waals surface area (Å²) in [4.78, 5) is 7.42. The van der Waals surface area contributed by atoms with Crippen molar-refractivity contribution in [3.05, 3.63) is 235 Å². The van der Waals surface area contributed by atoms with Gasteiger partial charge in [0.15, 0.2) is 0 Å². The highest BCUT2D eigenvalue weighted by Crippen LogP contribution is 2.54. The average Bonchev–Trinajstić information content (AvgIpc) is 3.33. The molecule has 0 amide bonds. The molecule has 0 saturated heterocycles. The molecule has 6 bridgehead atoms. The number of benzene rings is 11. The van der Waals surface area contributed by atoms with E-state index in [1.54, 1.807) is 0 Å². The fraction of sp³-hybridized carbons (Fsp3) is 0.0645. The Morgan fingerprint density at radius 1 is 0.262 bits per heavy atom. The number of para-hydroxylation sites is 1. The number of hydrogen-bond acceptors (Lipinski definition) is 3. The Hall–Kier alpha value is -8.14. The molecular weight excluding hydrogens is 787 g/mol. The lowest BCUT2D eigenvalue weighted by molar-refractivity contribution is 1.21. The van der Waals surface area contributed by atoms with Crippen molar-refractivity contribution in [2.45, 2.75) is 27.7 Å². The van der Waals surface area contributed by atoms with E-state index in [1.807, 2.05) is 0 Å². The molecule has 11 aromatic carbocycles. The van der Waals surface area contributed by atoms with Crippen LogP contribution in [0.1, 0.15) is 22.3 Å². The molecule has 1 aliphatic rings. The highest BCUT2D eigenvalue weighted by atomic mass is 15.2. The first-order chi connectivity index (χ1) is 31.9. The zero-order chi connectivity index (χ0) is 43.8. The van der Waals surface area contributed by atoms with Gasteiger partial charge in [-0.05, 0) is 150 Å². The Bertz CT molecular complexity index is 3380. The van der Waals surface area contributed by atoms with Crippen LogP contribution in [0.2, 0.25) is 0 Å². The molecular formula is C62H47N3. The largest absolute Gasteiger partial charge is 0.310 e. The molecule has 11 aromatic rings. The fourth-order valence-electron chi connectivity index (χ4n) is 10.5. The van der Waals surface area contributed by atoms with Crippen molar-refractivity contribution in [1.29, 1.82) is 0 Å². The molecule has 1 heterocycles. The van der Waals surface area contributed by atoms with Crippen LogP contribution in [0.15, 0.2) is 212 Å². The second-order valence-corrected chi connectivity index (χ2v) is 17.7. The molecule has 0 aliphatic carbocycles. The van der Waals surface area contributed by atoms with Gasteiger partial charge in [-0.25, -0.2) is 0 Å². The number of hydrogen-bond donors (Lipinski definition) is 0. The summed E-state index contributed by atoms with van der Waals surface area (Å²) < 4.78 is 0. The number of rotatable bonds is 5. The molecule has 3 nitrogen and oxygen atoms in total. The van der Waals surface area contributed by atoms with E-state index >= 15 is 0 Å². The summed E-state index contributed by atoms with van der Waals surface area (Å²) in [6, 6.07) is 78.9. The summed E-state index contributed by atoms with van der Waals surface area (Å²) in [5, 5.41) is 7.40. The second kappa shape index (κ2) is 15.3. The van der Waals surface area contributed by atoms with E-state index in [-0.39, 0.29) is 0 Å². The Kier molecular flexibility index (Phi) is 9.06. The third kappa shape index (κ3) is 6.34. The van der Waals surface area contributed by atoms with Gasteiger partial charge in [0.05, 0.1) is 11.4 Å². The van der Waals surface area contributed by atoms with Gasteiger partial charge in [0.25, 0.3) is 0 Å². The van der Waals surface area contributed by atoms with E-state index in [9.17, 15) is 0 Å². The van der Waals surface area contributed by atoms with Crippen molar-refractivity contribution in [3.63, 3.8) is 0 Å². The Morgan fingerprint density at radius 3 is 1.09 bits per heavy atom. The van der Waals surface area contributed by atoms with E-state index < -0.39 is 0 Å². The lowest BCUT2D eigenvalue weighted by Crippen LogP contribution is -2.18. The molecule has 0 saturated carbocycles. The molecule has 0 unspecified atom stereocenters. The molecule has 12 rings (SSSR count). The number of anilines is 9. The highest BCUT2D eigenvalue weighted by molar-refractivity contribution is 6.32. The predicted molar refractivity (Wildman–Crippen MR) is 278 cm³/mol. The molecule has 0 radical (unpaired) electrons. The third-order valence-corrected chi connectivity index (χ3v) is 13.4. The first kappa shape index (κ1) is 38.5. The maximum absolute atomic E-state index is 2.52. The van der Waals surface area contributed by atoms with Gasteiger partial charge in [0.2, 0.25) is 0 Å². The lowest BCUT2D eigenvalue weighted by Gasteiger charge is -2.35. The maximum Gasteiger partial charge on any atom is 0.0561 e. The van der Waals surface area contributed by atoms with Gasteiger partial charge in [0.1, 0.15) is 0 Å². The van der Waals surface area contributed by atoms with Crippen LogP contribution in [0.4, 0.5) is 51.2 Å². The monoisotopic (exact) mass is 833 g/mol. The zero-order valence-electron chi connectivity index (χ0n) is 37.0. The quantitative estimate of drug-likeness (QED) is 0.160. The van der Waals surface area contributed by atoms with Crippen LogP contribution in [0.3, 0.4) is 0 Å². The summed E-state index contributed by atoms with van der Waals surface area (Å²) in [6.45, 7) is 8.87. The standard InChI is InChI=1S/C62H47N3/c1-40-26-32-57(42(3)34-40)64-49-24-14-22-47(36-49)63(46-20-12-7-13-21-46)48-23-15-25-50(37-48)65(58-33-27-41(2)35-43(58)4)60-39-59(64)53-30-28-51-55(44-16-8-5-9-17-44)38-56(45-18-10-6-11-19-45)52-29-31-54(60)62(53)61(51)52/h5-39H,1-4H3. The SMILES string of the molecule is Cc1ccc(N2c3cccc(c3)N(c3ccccc3)c3cccc(c3)N(c3ccc(C)cc3C)c3cc2c2ccc4c(-c5ccccc5)cc(-c5ccccc5)c5ccc3c2c45)c(C)c1. The van der Waals surface area contributed by atoms with Crippen LogP contribution in [0.25, 0.3) is 54.6 Å².